The van der Waals surface area contributed by atoms with Gasteiger partial charge in [0.2, 0.25) is 0 Å². The molecule has 0 aliphatic carbocycles. The van der Waals surface area contributed by atoms with Gasteiger partial charge in [-0.15, -0.1) is 0 Å². The summed E-state index contributed by atoms with van der Waals surface area (Å²) in [5.41, 5.74) is -0.637. The van der Waals surface area contributed by atoms with Gasteiger partial charge in [-0.1, -0.05) is 36.4 Å². The summed E-state index contributed by atoms with van der Waals surface area (Å²) in [6.45, 7) is 2.21. The van der Waals surface area contributed by atoms with Crippen LogP contribution >= 0.6 is 0 Å². The highest BCUT2D eigenvalue weighted by Crippen LogP contribution is 2.24. The van der Waals surface area contributed by atoms with Crippen molar-refractivity contribution in [1.29, 1.82) is 0 Å². The molecule has 0 saturated heterocycles. The Morgan fingerprint density at radius 1 is 1.08 bits per heavy atom. The van der Waals surface area contributed by atoms with Crippen molar-refractivity contribution in [3.05, 3.63) is 71.7 Å². The number of aromatic nitrogens is 2. The highest BCUT2D eigenvalue weighted by atomic mass is 16.6. The van der Waals surface area contributed by atoms with Crippen molar-refractivity contribution in [2.45, 2.75) is 38.0 Å². The molecule has 1 aromatic heterocycles. The van der Waals surface area contributed by atoms with Crippen LogP contribution < -0.4 is 10.1 Å². The van der Waals surface area contributed by atoms with Crippen LogP contribution in [0.3, 0.4) is 0 Å². The van der Waals surface area contributed by atoms with Crippen LogP contribution in [0, 0.1) is 0 Å². The Kier molecular flexibility index (Phi) is 8.94. The molecule has 12 nitrogen and oxygen atoms in total. The van der Waals surface area contributed by atoms with E-state index in [1.165, 1.54) is 19.2 Å². The number of hydrogen-bond acceptors (Lipinski definition) is 9. The monoisotopic (exact) mass is 525 g/mol. The largest absolute Gasteiger partial charge is 0.496 e. The van der Waals surface area contributed by atoms with Crippen LogP contribution in [0.5, 0.6) is 5.75 Å². The predicted octanol–water partition coefficient (Wildman–Crippen LogP) is 2.30. The number of aromatic amines is 1. The summed E-state index contributed by atoms with van der Waals surface area (Å²) < 4.78 is 9.86. The number of benzene rings is 2. The number of nitrogens with one attached hydrogen (secondary N) is 2. The van der Waals surface area contributed by atoms with E-state index < -0.39 is 42.3 Å². The zero-order valence-corrected chi connectivity index (χ0v) is 20.6. The summed E-state index contributed by atoms with van der Waals surface area (Å²) in [5.74, 6) is -5.34. The molecule has 0 fully saturated rings. The van der Waals surface area contributed by atoms with Crippen LogP contribution in [-0.4, -0.2) is 61.9 Å². The Hall–Kier alpha value is -4.55. The molecule has 200 valence electrons. The second-order valence-electron chi connectivity index (χ2n) is 8.52. The molecule has 0 unspecified atom stereocenters. The molecule has 3 rings (SSSR count). The number of esters is 2. The molecule has 38 heavy (non-hydrogen) atoms. The smallest absolute Gasteiger partial charge is 0.349 e. The molecular weight excluding hydrogens is 498 g/mol. The van der Waals surface area contributed by atoms with Crippen LogP contribution in [0.1, 0.15) is 47.6 Å². The summed E-state index contributed by atoms with van der Waals surface area (Å²) in [7, 11) is 1.31. The van der Waals surface area contributed by atoms with E-state index in [1.54, 1.807) is 6.07 Å². The summed E-state index contributed by atoms with van der Waals surface area (Å²) in [6, 6.07) is 14.1. The van der Waals surface area contributed by atoms with Crippen molar-refractivity contribution in [1.82, 2.24) is 15.3 Å². The molecule has 1 heterocycles. The number of rotatable bonds is 12. The van der Waals surface area contributed by atoms with E-state index in [0.29, 0.717) is 17.9 Å². The van der Waals surface area contributed by atoms with E-state index in [4.69, 9.17) is 19.7 Å². The fraction of sp³-hybridized carbons (Fsp3) is 0.269. The zero-order chi connectivity index (χ0) is 27.9. The third-order valence-electron chi connectivity index (χ3n) is 5.66. The first-order valence-electron chi connectivity index (χ1n) is 11.5. The number of carbonyl (C=O) groups is 4. The van der Waals surface area contributed by atoms with Crippen LogP contribution in [0.25, 0.3) is 11.3 Å². The molecule has 0 radical (unpaired) electrons. The highest BCUT2D eigenvalue weighted by molar-refractivity contribution is 6.00. The fourth-order valence-corrected chi connectivity index (χ4v) is 3.60. The van der Waals surface area contributed by atoms with E-state index in [9.17, 15) is 24.3 Å². The lowest BCUT2D eigenvalue weighted by Crippen LogP contribution is -2.43. The van der Waals surface area contributed by atoms with Gasteiger partial charge in [-0.05, 0) is 24.6 Å². The topological polar surface area (TPSA) is 188 Å². The van der Waals surface area contributed by atoms with Gasteiger partial charge in [-0.2, -0.15) is 0 Å². The molecule has 2 atom stereocenters. The molecule has 0 saturated carbocycles. The average Bonchev–Trinajstić information content (AvgIpc) is 3.37. The lowest BCUT2D eigenvalue weighted by atomic mass is 9.96. The number of hydrogen-bond donors (Lipinski definition) is 5. The maximum atomic E-state index is 12.7. The van der Waals surface area contributed by atoms with E-state index >= 15 is 0 Å². The first-order valence-corrected chi connectivity index (χ1v) is 11.5. The predicted molar refractivity (Wildman–Crippen MR) is 132 cm³/mol. The fourth-order valence-electron chi connectivity index (χ4n) is 3.60. The van der Waals surface area contributed by atoms with Crippen LogP contribution in [-0.2, 0) is 25.7 Å². The molecule has 0 aliphatic heterocycles. The van der Waals surface area contributed by atoms with Gasteiger partial charge in [-0.25, -0.2) is 14.6 Å². The number of carbonyl (C=O) groups excluding carboxylic acids is 2. The van der Waals surface area contributed by atoms with Crippen LogP contribution in [0.4, 0.5) is 0 Å². The molecule has 0 amide bonds. The minimum atomic E-state index is -2.93. The number of carboxylic acid groups (broad SMARTS) is 2. The number of carboxylic acids is 2. The SMILES string of the molecule is COc1ccc(CN[C@@H](C)c2nc(-c3ccccc3)c[nH]2)cc1C(=O)OC(=O)C[C@@](O)(CC(=O)O)C(=O)O. The van der Waals surface area contributed by atoms with Crippen LogP contribution in [0.15, 0.2) is 54.7 Å². The number of H-pyrrole nitrogens is 1. The van der Waals surface area contributed by atoms with Gasteiger partial charge >= 0.3 is 23.9 Å². The maximum absolute atomic E-state index is 12.7. The second kappa shape index (κ2) is 12.1. The van der Waals surface area contributed by atoms with E-state index in [0.717, 1.165) is 11.3 Å². The minimum Gasteiger partial charge on any atom is -0.496 e. The number of methoxy groups -OCH3 is 1. The first kappa shape index (κ1) is 28.0. The molecule has 0 bridgehead atoms. The number of aliphatic hydroxyl groups is 1. The van der Waals surface area contributed by atoms with Crippen LogP contribution in [0.2, 0.25) is 0 Å². The van der Waals surface area contributed by atoms with Crippen molar-refractivity contribution < 1.29 is 44.0 Å². The Balaban J connectivity index is 1.67. The summed E-state index contributed by atoms with van der Waals surface area (Å²) in [5, 5.41) is 31.2. The Morgan fingerprint density at radius 3 is 2.42 bits per heavy atom. The van der Waals surface area contributed by atoms with E-state index in [1.807, 2.05) is 43.5 Å². The standard InChI is InChI=1S/C26H27N3O9/c1-15(23-28-14-19(29-23)17-6-4-3-5-7-17)27-13-16-8-9-20(37-2)18(10-16)24(33)38-22(32)12-26(36,25(34)35)11-21(30)31/h3-10,14-15,27,36H,11-13H2,1-2H3,(H,28,29)(H,30,31)(H,34,35)/t15-,26-/m0/s1. The number of aliphatic carboxylic acids is 2. The van der Waals surface area contributed by atoms with Crippen molar-refractivity contribution in [3.8, 4) is 17.0 Å². The maximum Gasteiger partial charge on any atom is 0.349 e. The first-order chi connectivity index (χ1) is 18.0. The van der Waals surface area contributed by atoms with Crippen molar-refractivity contribution in [3.63, 3.8) is 0 Å². The van der Waals surface area contributed by atoms with Gasteiger partial charge in [0.15, 0.2) is 5.60 Å². The minimum absolute atomic E-state index is 0.0946. The molecule has 5 N–H and O–H groups in total. The number of nitrogens with zero attached hydrogens (tertiary/aromatic N) is 1. The van der Waals surface area contributed by atoms with Crippen molar-refractivity contribution in [2.24, 2.45) is 0 Å². The quantitative estimate of drug-likeness (QED) is 0.172. The highest BCUT2D eigenvalue weighted by Gasteiger charge is 2.42. The molecular formula is C26H27N3O9. The molecule has 0 spiro atoms. The Morgan fingerprint density at radius 2 is 1.79 bits per heavy atom. The molecule has 12 heteroatoms. The Bertz CT molecular complexity index is 1320. The molecule has 2 aromatic carbocycles. The Labute approximate surface area is 217 Å². The average molecular weight is 526 g/mol. The number of ether oxygens (including phenoxy) is 2. The van der Waals surface area contributed by atoms with Gasteiger partial charge in [0.1, 0.15) is 17.1 Å². The lowest BCUT2D eigenvalue weighted by molar-refractivity contribution is -0.170. The normalized spacial score (nSPS) is 13.2. The van der Waals surface area contributed by atoms with Gasteiger partial charge in [0.25, 0.3) is 0 Å². The molecule has 0 aliphatic rings. The summed E-state index contributed by atoms with van der Waals surface area (Å²) in [6.07, 6.45) is -0.685. The third-order valence-corrected chi connectivity index (χ3v) is 5.66. The summed E-state index contributed by atoms with van der Waals surface area (Å²) in [4.78, 5) is 54.7. The van der Waals surface area contributed by atoms with Gasteiger partial charge in [0.05, 0.1) is 31.7 Å². The van der Waals surface area contributed by atoms with Gasteiger partial charge in [0, 0.05) is 18.3 Å². The number of imidazole rings is 1. The molecule has 3 aromatic rings. The van der Waals surface area contributed by atoms with Gasteiger partial charge < -0.3 is 35.1 Å². The van der Waals surface area contributed by atoms with Crippen molar-refractivity contribution in [2.75, 3.05) is 7.11 Å². The third kappa shape index (κ3) is 7.02. The van der Waals surface area contributed by atoms with Crippen molar-refractivity contribution >= 4 is 23.9 Å². The lowest BCUT2D eigenvalue weighted by Gasteiger charge is -2.20. The van der Waals surface area contributed by atoms with E-state index in [2.05, 4.69) is 15.3 Å². The summed E-state index contributed by atoms with van der Waals surface area (Å²) >= 11 is 0. The van der Waals surface area contributed by atoms with Gasteiger partial charge in [-0.3, -0.25) is 9.59 Å². The zero-order valence-electron chi connectivity index (χ0n) is 20.6. The van der Waals surface area contributed by atoms with E-state index in [-0.39, 0.29) is 17.4 Å². The second-order valence-corrected chi connectivity index (χ2v) is 8.52.